The Hall–Kier alpha value is -1.91. The van der Waals surface area contributed by atoms with E-state index in [2.05, 4.69) is 44.9 Å². The minimum atomic E-state index is -0.935. The largest absolute Gasteiger partial charge is 0.383 e. The summed E-state index contributed by atoms with van der Waals surface area (Å²) >= 11 is 1.55. The number of aliphatic imine (C=N–C) groups is 1. The molecule has 0 saturated carbocycles. The summed E-state index contributed by atoms with van der Waals surface area (Å²) in [5.41, 5.74) is 1.42. The minimum absolute atomic E-state index is 0. The Morgan fingerprint density at radius 2 is 2.07 bits per heavy atom. The number of rotatable bonds is 8. The molecule has 0 fully saturated rings. The number of nitrogens with one attached hydrogen (secondary N) is 2. The second-order valence-corrected chi connectivity index (χ2v) is 7.80. The zero-order valence-corrected chi connectivity index (χ0v) is 19.9. The number of imidazole rings is 1. The highest BCUT2D eigenvalue weighted by atomic mass is 127. The number of thiophene rings is 1. The molecule has 3 rings (SSSR count). The van der Waals surface area contributed by atoms with E-state index in [0.29, 0.717) is 19.0 Å². The third-order valence-corrected chi connectivity index (χ3v) is 5.45. The Morgan fingerprint density at radius 1 is 1.24 bits per heavy atom. The molecule has 3 aromatic rings. The Bertz CT molecular complexity index is 878. The first-order valence-electron chi connectivity index (χ1n) is 9.39. The van der Waals surface area contributed by atoms with Gasteiger partial charge < -0.3 is 20.3 Å². The molecule has 0 aliphatic heterocycles. The highest BCUT2D eigenvalue weighted by Crippen LogP contribution is 2.24. The number of aromatic nitrogens is 2. The van der Waals surface area contributed by atoms with Gasteiger partial charge in [0.25, 0.3) is 0 Å². The van der Waals surface area contributed by atoms with Crippen molar-refractivity contribution in [2.45, 2.75) is 32.5 Å². The molecular weight excluding hydrogens is 497 g/mol. The molecule has 2 aromatic heterocycles. The summed E-state index contributed by atoms with van der Waals surface area (Å²) in [5, 5.41) is 19.2. The maximum atomic E-state index is 10.7. The van der Waals surface area contributed by atoms with Crippen molar-refractivity contribution in [1.82, 2.24) is 20.2 Å². The molecule has 1 unspecified atom stereocenters. The van der Waals surface area contributed by atoms with Crippen molar-refractivity contribution in [3.8, 4) is 0 Å². The Morgan fingerprint density at radius 3 is 2.76 bits per heavy atom. The van der Waals surface area contributed by atoms with Crippen LogP contribution in [0.4, 0.5) is 0 Å². The van der Waals surface area contributed by atoms with Crippen LogP contribution in [0.25, 0.3) is 0 Å². The molecule has 0 radical (unpaired) electrons. The fourth-order valence-corrected chi connectivity index (χ4v) is 3.64. The van der Waals surface area contributed by atoms with Gasteiger partial charge in [0.1, 0.15) is 5.60 Å². The fourth-order valence-electron chi connectivity index (χ4n) is 2.86. The number of hydrogen-bond acceptors (Lipinski definition) is 4. The average molecular weight is 525 g/mol. The number of aliphatic hydroxyl groups is 1. The number of nitrogens with zero attached hydrogens (tertiary/aromatic N) is 3. The quantitative estimate of drug-likeness (QED) is 0.239. The summed E-state index contributed by atoms with van der Waals surface area (Å²) in [7, 11) is 0. The van der Waals surface area contributed by atoms with Crippen molar-refractivity contribution in [3.63, 3.8) is 0 Å². The zero-order valence-electron chi connectivity index (χ0n) is 16.7. The molecule has 0 amide bonds. The van der Waals surface area contributed by atoms with Gasteiger partial charge in [-0.3, -0.25) is 0 Å². The number of benzene rings is 1. The smallest absolute Gasteiger partial charge is 0.191 e. The highest BCUT2D eigenvalue weighted by molar-refractivity contribution is 14.0. The van der Waals surface area contributed by atoms with Crippen LogP contribution in [0, 0.1) is 0 Å². The summed E-state index contributed by atoms with van der Waals surface area (Å²) in [6.45, 7) is 6.34. The van der Waals surface area contributed by atoms with Crippen LogP contribution >= 0.6 is 35.3 Å². The predicted molar refractivity (Wildman–Crippen MR) is 130 cm³/mol. The van der Waals surface area contributed by atoms with E-state index in [1.807, 2.05) is 48.5 Å². The van der Waals surface area contributed by atoms with Crippen LogP contribution in [0.5, 0.6) is 0 Å². The summed E-state index contributed by atoms with van der Waals surface area (Å²) < 4.78 is 2.04. The van der Waals surface area contributed by atoms with Crippen molar-refractivity contribution in [3.05, 3.63) is 76.5 Å². The molecule has 0 spiro atoms. The summed E-state index contributed by atoms with van der Waals surface area (Å²) in [5.74, 6) is 0.694. The van der Waals surface area contributed by atoms with Gasteiger partial charge >= 0.3 is 0 Å². The lowest BCUT2D eigenvalue weighted by Crippen LogP contribution is -2.44. The zero-order chi connectivity index (χ0) is 19.8. The third kappa shape index (κ3) is 7.13. The van der Waals surface area contributed by atoms with E-state index in [0.717, 1.165) is 23.5 Å². The van der Waals surface area contributed by atoms with E-state index < -0.39 is 5.60 Å². The Labute approximate surface area is 193 Å². The van der Waals surface area contributed by atoms with Gasteiger partial charge in [-0.25, -0.2) is 9.98 Å². The third-order valence-electron chi connectivity index (χ3n) is 4.33. The van der Waals surface area contributed by atoms with Crippen LogP contribution < -0.4 is 10.6 Å². The van der Waals surface area contributed by atoms with E-state index in [-0.39, 0.29) is 24.0 Å². The maximum Gasteiger partial charge on any atom is 0.191 e. The molecule has 29 heavy (non-hydrogen) atoms. The molecule has 2 heterocycles. The van der Waals surface area contributed by atoms with E-state index in [9.17, 15) is 5.11 Å². The SMILES string of the molecule is CCNC(=NCc1cccc(Cn2ccnc2)c1)NCC(C)(O)c1cccs1.I. The topological polar surface area (TPSA) is 74.5 Å². The van der Waals surface area contributed by atoms with Crippen molar-refractivity contribution in [2.75, 3.05) is 13.1 Å². The molecule has 0 aliphatic rings. The van der Waals surface area contributed by atoms with Gasteiger partial charge in [0.2, 0.25) is 0 Å². The molecule has 6 nitrogen and oxygen atoms in total. The molecule has 1 aromatic carbocycles. The predicted octanol–water partition coefficient (Wildman–Crippen LogP) is 3.57. The lowest BCUT2D eigenvalue weighted by atomic mass is 10.1. The summed E-state index contributed by atoms with van der Waals surface area (Å²) in [4.78, 5) is 9.69. The molecule has 0 bridgehead atoms. The van der Waals surface area contributed by atoms with Crippen molar-refractivity contribution in [1.29, 1.82) is 0 Å². The van der Waals surface area contributed by atoms with Gasteiger partial charge in [0, 0.05) is 30.4 Å². The molecule has 1 atom stereocenters. The summed E-state index contributed by atoms with van der Waals surface area (Å²) in [6, 6.07) is 12.3. The number of halogens is 1. The molecule has 0 aliphatic carbocycles. The van der Waals surface area contributed by atoms with Crippen molar-refractivity contribution >= 4 is 41.3 Å². The van der Waals surface area contributed by atoms with Gasteiger partial charge in [-0.1, -0.05) is 30.3 Å². The lowest BCUT2D eigenvalue weighted by Gasteiger charge is -2.23. The monoisotopic (exact) mass is 525 g/mol. The normalized spacial score (nSPS) is 13.4. The molecule has 8 heteroatoms. The van der Waals surface area contributed by atoms with Gasteiger partial charge in [-0.2, -0.15) is 0 Å². The first-order chi connectivity index (χ1) is 13.6. The Kier molecular flexibility index (Phi) is 9.12. The van der Waals surface area contributed by atoms with Crippen LogP contribution in [-0.2, 0) is 18.7 Å². The second kappa shape index (κ2) is 11.3. The standard InChI is InChI=1S/C21H27N5OS.HI/c1-3-23-20(25-15-21(2,27)19-8-5-11-28-19)24-13-17-6-4-7-18(12-17)14-26-10-9-22-16-26;/h4-12,16,27H,3,13-15H2,1-2H3,(H2,23,24,25);1H. The van der Waals surface area contributed by atoms with Crippen LogP contribution in [0.3, 0.4) is 0 Å². The van der Waals surface area contributed by atoms with Gasteiger partial charge in [-0.15, -0.1) is 35.3 Å². The van der Waals surface area contributed by atoms with E-state index in [1.165, 1.54) is 5.56 Å². The highest BCUT2D eigenvalue weighted by Gasteiger charge is 2.24. The van der Waals surface area contributed by atoms with E-state index in [1.54, 1.807) is 17.5 Å². The van der Waals surface area contributed by atoms with Gasteiger partial charge in [0.15, 0.2) is 5.96 Å². The minimum Gasteiger partial charge on any atom is -0.383 e. The van der Waals surface area contributed by atoms with E-state index in [4.69, 9.17) is 0 Å². The fraction of sp³-hybridized carbons (Fsp3) is 0.333. The van der Waals surface area contributed by atoms with Crippen LogP contribution in [0.2, 0.25) is 0 Å². The van der Waals surface area contributed by atoms with Gasteiger partial charge in [0.05, 0.1) is 19.4 Å². The molecular formula is C21H28IN5OS. The number of hydrogen-bond donors (Lipinski definition) is 3. The molecule has 156 valence electrons. The van der Waals surface area contributed by atoms with Crippen LogP contribution in [0.15, 0.2) is 65.5 Å². The van der Waals surface area contributed by atoms with Crippen LogP contribution in [-0.4, -0.2) is 33.7 Å². The Balaban J connectivity index is 0.00000300. The first kappa shape index (κ1) is 23.4. The molecule has 3 N–H and O–H groups in total. The average Bonchev–Trinajstić information content (AvgIpc) is 3.39. The van der Waals surface area contributed by atoms with Crippen LogP contribution in [0.1, 0.15) is 29.9 Å². The van der Waals surface area contributed by atoms with Crippen molar-refractivity contribution in [2.24, 2.45) is 4.99 Å². The van der Waals surface area contributed by atoms with Gasteiger partial charge in [-0.05, 0) is 36.4 Å². The maximum absolute atomic E-state index is 10.7. The van der Waals surface area contributed by atoms with Crippen molar-refractivity contribution < 1.29 is 5.11 Å². The lowest BCUT2D eigenvalue weighted by molar-refractivity contribution is 0.0655. The first-order valence-corrected chi connectivity index (χ1v) is 10.3. The molecule has 0 saturated heterocycles. The summed E-state index contributed by atoms with van der Waals surface area (Å²) in [6.07, 6.45) is 5.56. The van der Waals surface area contributed by atoms with E-state index >= 15 is 0 Å². The second-order valence-electron chi connectivity index (χ2n) is 6.85. The number of guanidine groups is 1.